The predicted molar refractivity (Wildman–Crippen MR) is 40.5 cm³/mol. The van der Waals surface area contributed by atoms with Crippen molar-refractivity contribution in [3.05, 3.63) is 5.53 Å². The zero-order valence-electron chi connectivity index (χ0n) is 6.98. The summed E-state index contributed by atoms with van der Waals surface area (Å²) in [6.07, 6.45) is 0.330. The van der Waals surface area contributed by atoms with Crippen LogP contribution in [-0.2, 0) is 14.3 Å². The van der Waals surface area contributed by atoms with E-state index in [1.165, 1.54) is 6.92 Å². The van der Waals surface area contributed by atoms with Crippen LogP contribution in [0.25, 0.3) is 5.53 Å². The Balaban J connectivity index is 3.83. The van der Waals surface area contributed by atoms with Gasteiger partial charge < -0.3 is 10.3 Å². The first-order valence-electron chi connectivity index (χ1n) is 3.43. The van der Waals surface area contributed by atoms with Crippen LogP contribution in [0.4, 0.5) is 0 Å². The van der Waals surface area contributed by atoms with Gasteiger partial charge in [0, 0.05) is 6.92 Å². The number of hydrogen-bond acceptors (Lipinski definition) is 3. The molecule has 5 heteroatoms. The minimum absolute atomic E-state index is 0.0314. The summed E-state index contributed by atoms with van der Waals surface area (Å²) in [4.78, 5) is 23.7. The summed E-state index contributed by atoms with van der Waals surface area (Å²) in [7, 11) is 0. The molecule has 0 saturated carbocycles. The van der Waals surface area contributed by atoms with Crippen molar-refractivity contribution < 1.29 is 19.1 Å². The molecule has 12 heavy (non-hydrogen) atoms. The zero-order valence-corrected chi connectivity index (χ0v) is 6.98. The third-order valence-electron chi connectivity index (χ3n) is 1.06. The van der Waals surface area contributed by atoms with Crippen molar-refractivity contribution >= 4 is 18.0 Å². The van der Waals surface area contributed by atoms with Gasteiger partial charge in [-0.05, 0) is 6.92 Å². The van der Waals surface area contributed by atoms with E-state index in [1.807, 2.05) is 0 Å². The molecule has 0 aromatic heterocycles. The van der Waals surface area contributed by atoms with Crippen LogP contribution in [0.3, 0.4) is 0 Å². The molecular formula is C7H10N2O3. The maximum absolute atomic E-state index is 10.7. The predicted octanol–water partition coefficient (Wildman–Crippen LogP) is 0.198. The highest BCUT2D eigenvalue weighted by Gasteiger charge is 2.11. The zero-order chi connectivity index (χ0) is 9.56. The highest BCUT2D eigenvalue weighted by molar-refractivity contribution is 6.25. The molecule has 0 aromatic rings. The monoisotopic (exact) mass is 170 g/mol. The van der Waals surface area contributed by atoms with Gasteiger partial charge in [-0.15, -0.1) is 0 Å². The number of rotatable bonds is 4. The fourth-order valence-electron chi connectivity index (χ4n) is 0.725. The largest absolute Gasteiger partial charge is 0.462 e. The van der Waals surface area contributed by atoms with Gasteiger partial charge >= 0.3 is 12.2 Å². The summed E-state index contributed by atoms with van der Waals surface area (Å²) < 4.78 is 4.66. The summed E-state index contributed by atoms with van der Waals surface area (Å²) in [6.45, 7) is 2.85. The van der Waals surface area contributed by atoms with Crippen molar-refractivity contribution in [2.45, 2.75) is 26.4 Å². The standard InChI is InChI=1S/C7H10N2O3/c1-5(12-6(2)10)3-7(11)4-9-8/h4-5H,3H2,1-2H3. The first kappa shape index (κ1) is 10.5. The van der Waals surface area contributed by atoms with Crippen LogP contribution in [0.2, 0.25) is 0 Å². The van der Waals surface area contributed by atoms with E-state index in [2.05, 4.69) is 9.53 Å². The molecule has 0 radical (unpaired) electrons. The Morgan fingerprint density at radius 3 is 2.67 bits per heavy atom. The third kappa shape index (κ3) is 5.32. The maximum Gasteiger partial charge on any atom is 0.323 e. The average molecular weight is 170 g/mol. The number of ether oxygens (including phenoxy) is 1. The Labute approximate surface area is 69.9 Å². The fourth-order valence-corrected chi connectivity index (χ4v) is 0.725. The van der Waals surface area contributed by atoms with E-state index >= 15 is 0 Å². The molecule has 0 saturated heterocycles. The molecule has 0 aliphatic carbocycles. The summed E-state index contributed by atoms with van der Waals surface area (Å²) in [5.41, 5.74) is 7.97. The van der Waals surface area contributed by atoms with Crippen molar-refractivity contribution in [1.82, 2.24) is 0 Å². The Kier molecular flexibility index (Phi) is 4.57. The highest BCUT2D eigenvalue weighted by atomic mass is 16.5. The lowest BCUT2D eigenvalue weighted by molar-refractivity contribution is -0.146. The van der Waals surface area contributed by atoms with E-state index in [0.29, 0.717) is 0 Å². The second-order valence-corrected chi connectivity index (χ2v) is 2.34. The van der Waals surface area contributed by atoms with Crippen molar-refractivity contribution in [1.29, 1.82) is 0 Å². The molecule has 0 aliphatic heterocycles. The van der Waals surface area contributed by atoms with Gasteiger partial charge in [-0.25, -0.2) is 0 Å². The molecule has 1 unspecified atom stereocenters. The van der Waals surface area contributed by atoms with Crippen LogP contribution >= 0.6 is 0 Å². The number of ketones is 1. The molecule has 0 bridgehead atoms. The Morgan fingerprint density at radius 2 is 2.25 bits per heavy atom. The number of Topliss-reactive ketones (excluding diaryl/α,β-unsaturated/α-hetero) is 1. The van der Waals surface area contributed by atoms with Gasteiger partial charge in [0.1, 0.15) is 6.10 Å². The normalized spacial score (nSPS) is 11.2. The van der Waals surface area contributed by atoms with Gasteiger partial charge in [0.25, 0.3) is 0 Å². The minimum Gasteiger partial charge on any atom is -0.462 e. The lowest BCUT2D eigenvalue weighted by Crippen LogP contribution is -2.17. The third-order valence-corrected chi connectivity index (χ3v) is 1.06. The Hall–Kier alpha value is -1.48. The Bertz CT molecular complexity index is 231. The topological polar surface area (TPSA) is 79.8 Å². The van der Waals surface area contributed by atoms with Crippen molar-refractivity contribution in [3.8, 4) is 0 Å². The van der Waals surface area contributed by atoms with Gasteiger partial charge in [0.2, 0.25) is 5.78 Å². The van der Waals surface area contributed by atoms with Gasteiger partial charge in [0.05, 0.1) is 6.42 Å². The van der Waals surface area contributed by atoms with Gasteiger partial charge in [0.15, 0.2) is 0 Å². The van der Waals surface area contributed by atoms with E-state index in [1.54, 1.807) is 6.92 Å². The second kappa shape index (κ2) is 5.21. The number of carbonyl (C=O) groups excluding carboxylic acids is 2. The quantitative estimate of drug-likeness (QED) is 0.261. The van der Waals surface area contributed by atoms with Crippen molar-refractivity contribution in [2.75, 3.05) is 0 Å². The summed E-state index contributed by atoms with van der Waals surface area (Å²) in [6, 6.07) is 0. The molecule has 0 heterocycles. The first-order chi connectivity index (χ1) is 5.56. The van der Waals surface area contributed by atoms with E-state index in [4.69, 9.17) is 5.53 Å². The van der Waals surface area contributed by atoms with Crippen LogP contribution in [0.1, 0.15) is 20.3 Å². The molecule has 0 aromatic carbocycles. The summed E-state index contributed by atoms with van der Waals surface area (Å²) in [5, 5.41) is 0. The molecule has 0 rings (SSSR count). The average Bonchev–Trinajstić information content (AvgIpc) is 1.84. The molecule has 0 amide bonds. The molecular weight excluding hydrogens is 160 g/mol. The van der Waals surface area contributed by atoms with Crippen LogP contribution < -0.4 is 0 Å². The summed E-state index contributed by atoms with van der Waals surface area (Å²) >= 11 is 0. The van der Waals surface area contributed by atoms with Gasteiger partial charge in [-0.3, -0.25) is 9.59 Å². The first-order valence-corrected chi connectivity index (χ1v) is 3.43. The molecule has 0 spiro atoms. The molecule has 0 N–H and O–H groups in total. The van der Waals surface area contributed by atoms with Crippen LogP contribution in [0.15, 0.2) is 0 Å². The minimum atomic E-state index is -0.479. The van der Waals surface area contributed by atoms with Crippen molar-refractivity contribution in [3.63, 3.8) is 0 Å². The van der Waals surface area contributed by atoms with Gasteiger partial charge in [-0.1, -0.05) is 0 Å². The number of nitrogens with zero attached hydrogens (tertiary/aromatic N) is 2. The Morgan fingerprint density at radius 1 is 1.67 bits per heavy atom. The molecule has 0 fully saturated rings. The lowest BCUT2D eigenvalue weighted by Gasteiger charge is -2.07. The number of esters is 1. The smallest absolute Gasteiger partial charge is 0.323 e. The SMILES string of the molecule is CC(=O)OC(C)CC(=O)C=[N+]=[N-]. The molecule has 66 valence electrons. The second-order valence-electron chi connectivity index (χ2n) is 2.34. The van der Waals surface area contributed by atoms with Crippen LogP contribution in [0.5, 0.6) is 0 Å². The fraction of sp³-hybridized carbons (Fsp3) is 0.571. The number of hydrogen-bond donors (Lipinski definition) is 0. The summed E-state index contributed by atoms with van der Waals surface area (Å²) in [5.74, 6) is -0.817. The molecule has 1 atom stereocenters. The van der Waals surface area contributed by atoms with E-state index < -0.39 is 12.1 Å². The number of carbonyl (C=O) groups is 2. The van der Waals surface area contributed by atoms with Crippen LogP contribution in [0, 0.1) is 0 Å². The van der Waals surface area contributed by atoms with Crippen LogP contribution in [-0.4, -0.2) is 28.9 Å². The molecule has 5 nitrogen and oxygen atoms in total. The van der Waals surface area contributed by atoms with E-state index in [0.717, 1.165) is 6.21 Å². The lowest BCUT2D eigenvalue weighted by atomic mass is 10.2. The maximum atomic E-state index is 10.7. The van der Waals surface area contributed by atoms with Crippen molar-refractivity contribution in [2.24, 2.45) is 0 Å². The highest BCUT2D eigenvalue weighted by Crippen LogP contribution is 1.97. The molecule has 0 aliphatic rings. The van der Waals surface area contributed by atoms with E-state index in [-0.39, 0.29) is 12.2 Å². The van der Waals surface area contributed by atoms with E-state index in [9.17, 15) is 9.59 Å². The van der Waals surface area contributed by atoms with Gasteiger partial charge in [-0.2, -0.15) is 4.79 Å².